The van der Waals surface area contributed by atoms with Crippen LogP contribution in [0.4, 0.5) is 11.6 Å². The Hall–Kier alpha value is -1.14. The van der Waals surface area contributed by atoms with E-state index in [0.717, 1.165) is 35.5 Å². The number of likely N-dealkylation sites (N-methyl/N-ethyl adjacent to an activating group) is 1. The number of hydrogen-bond acceptors (Lipinski definition) is 5. The van der Waals surface area contributed by atoms with E-state index in [4.69, 9.17) is 0 Å². The van der Waals surface area contributed by atoms with Gasteiger partial charge in [-0.15, -0.1) is 11.3 Å². The van der Waals surface area contributed by atoms with Gasteiger partial charge >= 0.3 is 0 Å². The molecule has 0 spiro atoms. The number of hydrogen-bond donors (Lipinski definition) is 1. The van der Waals surface area contributed by atoms with Gasteiger partial charge in [-0.1, -0.05) is 13.0 Å². The summed E-state index contributed by atoms with van der Waals surface area (Å²) >= 11 is 5.43. The van der Waals surface area contributed by atoms with E-state index in [1.54, 1.807) is 17.7 Å². The second-order valence-corrected chi connectivity index (χ2v) is 6.86. The summed E-state index contributed by atoms with van der Waals surface area (Å²) in [4.78, 5) is 12.3. The highest BCUT2D eigenvalue weighted by molar-refractivity contribution is 9.10. The SMILES string of the molecule is CCCNc1ncnc(N(C)C(C)Cc2cccs2)c1Br. The van der Waals surface area contributed by atoms with Gasteiger partial charge in [-0.05, 0) is 40.7 Å². The number of aromatic nitrogens is 2. The predicted molar refractivity (Wildman–Crippen MR) is 94.4 cm³/mol. The topological polar surface area (TPSA) is 41.1 Å². The van der Waals surface area contributed by atoms with Gasteiger partial charge in [0.15, 0.2) is 0 Å². The highest BCUT2D eigenvalue weighted by atomic mass is 79.9. The van der Waals surface area contributed by atoms with Crippen LogP contribution in [0.5, 0.6) is 0 Å². The molecule has 0 aliphatic heterocycles. The molecular formula is C15H21BrN4S. The largest absolute Gasteiger partial charge is 0.369 e. The third-order valence-electron chi connectivity index (χ3n) is 3.39. The molecule has 0 amide bonds. The van der Waals surface area contributed by atoms with Crippen molar-refractivity contribution in [3.8, 4) is 0 Å². The van der Waals surface area contributed by atoms with Gasteiger partial charge in [-0.25, -0.2) is 9.97 Å². The Morgan fingerprint density at radius 1 is 1.43 bits per heavy atom. The molecule has 0 aliphatic rings. The van der Waals surface area contributed by atoms with Crippen LogP contribution in [0.15, 0.2) is 28.3 Å². The summed E-state index contributed by atoms with van der Waals surface area (Å²) in [6.07, 6.45) is 3.70. The standard InChI is InChI=1S/C15H21BrN4S/c1-4-7-17-14-13(16)15(19-10-18-14)20(3)11(2)9-12-6-5-8-21-12/h5-6,8,10-11H,4,7,9H2,1-3H3,(H,17,18,19). The van der Waals surface area contributed by atoms with Gasteiger partial charge in [0.05, 0.1) is 0 Å². The molecule has 1 N–H and O–H groups in total. The minimum atomic E-state index is 0.369. The molecule has 1 atom stereocenters. The molecule has 0 saturated carbocycles. The van der Waals surface area contributed by atoms with Gasteiger partial charge in [-0.3, -0.25) is 0 Å². The summed E-state index contributed by atoms with van der Waals surface area (Å²) in [6.45, 7) is 5.26. The van der Waals surface area contributed by atoms with Gasteiger partial charge in [0.25, 0.3) is 0 Å². The van der Waals surface area contributed by atoms with Crippen molar-refractivity contribution in [3.63, 3.8) is 0 Å². The maximum Gasteiger partial charge on any atom is 0.148 e. The van der Waals surface area contributed by atoms with Crippen molar-refractivity contribution in [3.05, 3.63) is 33.2 Å². The first-order valence-electron chi connectivity index (χ1n) is 7.13. The number of anilines is 2. The molecule has 2 aromatic heterocycles. The summed E-state index contributed by atoms with van der Waals surface area (Å²) < 4.78 is 0.930. The van der Waals surface area contributed by atoms with Crippen molar-refractivity contribution in [2.75, 3.05) is 23.8 Å². The zero-order valence-corrected chi connectivity index (χ0v) is 15.0. The number of nitrogens with one attached hydrogen (secondary N) is 1. The van der Waals surface area contributed by atoms with Gasteiger partial charge in [0.1, 0.15) is 22.4 Å². The maximum absolute atomic E-state index is 4.43. The molecule has 1 unspecified atom stereocenters. The molecule has 0 fully saturated rings. The molecule has 0 saturated heterocycles. The lowest BCUT2D eigenvalue weighted by atomic mass is 10.2. The first-order chi connectivity index (χ1) is 10.1. The van der Waals surface area contributed by atoms with Crippen LogP contribution >= 0.6 is 27.3 Å². The number of nitrogens with zero attached hydrogens (tertiary/aromatic N) is 3. The summed E-state index contributed by atoms with van der Waals surface area (Å²) in [6, 6.07) is 4.65. The molecule has 0 bridgehead atoms. The van der Waals surface area contributed by atoms with Crippen LogP contribution in [0.25, 0.3) is 0 Å². The van der Waals surface area contributed by atoms with Crippen molar-refractivity contribution in [2.45, 2.75) is 32.7 Å². The summed E-state index contributed by atoms with van der Waals surface area (Å²) in [5.74, 6) is 1.78. The highest BCUT2D eigenvalue weighted by Crippen LogP contribution is 2.30. The van der Waals surface area contributed by atoms with Crippen molar-refractivity contribution in [1.82, 2.24) is 9.97 Å². The van der Waals surface area contributed by atoms with Crippen LogP contribution in [0.3, 0.4) is 0 Å². The van der Waals surface area contributed by atoms with Gasteiger partial charge in [0.2, 0.25) is 0 Å². The van der Waals surface area contributed by atoms with Crippen molar-refractivity contribution < 1.29 is 0 Å². The number of thiophene rings is 1. The maximum atomic E-state index is 4.43. The van der Waals surface area contributed by atoms with Crippen molar-refractivity contribution >= 4 is 38.9 Å². The lowest BCUT2D eigenvalue weighted by molar-refractivity contribution is 0.678. The summed E-state index contributed by atoms with van der Waals surface area (Å²) in [7, 11) is 2.08. The fourth-order valence-electron chi connectivity index (χ4n) is 2.04. The Balaban J connectivity index is 2.12. The number of rotatable bonds is 7. The Morgan fingerprint density at radius 2 is 2.24 bits per heavy atom. The third kappa shape index (κ3) is 4.17. The molecule has 114 valence electrons. The Labute approximate surface area is 138 Å². The van der Waals surface area contributed by atoms with E-state index in [1.807, 2.05) is 0 Å². The zero-order valence-electron chi connectivity index (χ0n) is 12.6. The van der Waals surface area contributed by atoms with E-state index in [9.17, 15) is 0 Å². The monoisotopic (exact) mass is 368 g/mol. The third-order valence-corrected chi connectivity index (χ3v) is 5.01. The van der Waals surface area contributed by atoms with Crippen molar-refractivity contribution in [2.24, 2.45) is 0 Å². The normalized spacial score (nSPS) is 12.2. The molecule has 2 rings (SSSR count). The average Bonchev–Trinajstić information content (AvgIpc) is 2.98. The first-order valence-corrected chi connectivity index (χ1v) is 8.80. The lowest BCUT2D eigenvalue weighted by Gasteiger charge is -2.27. The Bertz CT molecular complexity index is 559. The van der Waals surface area contributed by atoms with Gasteiger partial charge in [0, 0.05) is 30.9 Å². The van der Waals surface area contributed by atoms with Crippen LogP contribution in [0.2, 0.25) is 0 Å². The lowest BCUT2D eigenvalue weighted by Crippen LogP contribution is -2.31. The van der Waals surface area contributed by atoms with E-state index in [0.29, 0.717) is 6.04 Å². The summed E-state index contributed by atoms with van der Waals surface area (Å²) in [5, 5.41) is 5.44. The highest BCUT2D eigenvalue weighted by Gasteiger charge is 2.17. The van der Waals surface area contributed by atoms with Crippen LogP contribution in [0, 0.1) is 0 Å². The van der Waals surface area contributed by atoms with Crippen LogP contribution < -0.4 is 10.2 Å². The second kappa shape index (κ2) is 7.75. The molecule has 0 aromatic carbocycles. The minimum Gasteiger partial charge on any atom is -0.369 e. The predicted octanol–water partition coefficient (Wildman–Crippen LogP) is 4.19. The van der Waals surface area contributed by atoms with Crippen LogP contribution in [-0.4, -0.2) is 29.6 Å². The number of halogens is 1. The quantitative estimate of drug-likeness (QED) is 0.795. The molecule has 4 nitrogen and oxygen atoms in total. The molecule has 6 heteroatoms. The van der Waals surface area contributed by atoms with E-state index >= 15 is 0 Å². The Kier molecular flexibility index (Phi) is 5.99. The van der Waals surface area contributed by atoms with Gasteiger partial charge < -0.3 is 10.2 Å². The minimum absolute atomic E-state index is 0.369. The molecule has 2 heterocycles. The molecule has 0 aliphatic carbocycles. The summed E-state index contributed by atoms with van der Waals surface area (Å²) in [5.41, 5.74) is 0. The van der Waals surface area contributed by atoms with E-state index < -0.39 is 0 Å². The van der Waals surface area contributed by atoms with E-state index in [2.05, 4.69) is 74.5 Å². The van der Waals surface area contributed by atoms with Gasteiger partial charge in [-0.2, -0.15) is 0 Å². The zero-order chi connectivity index (χ0) is 15.2. The molecule has 21 heavy (non-hydrogen) atoms. The average molecular weight is 369 g/mol. The van der Waals surface area contributed by atoms with Crippen LogP contribution in [-0.2, 0) is 6.42 Å². The fraction of sp³-hybridized carbons (Fsp3) is 0.467. The first kappa shape index (κ1) is 16.2. The smallest absolute Gasteiger partial charge is 0.148 e. The Morgan fingerprint density at radius 3 is 2.90 bits per heavy atom. The van der Waals surface area contributed by atoms with Crippen LogP contribution in [0.1, 0.15) is 25.1 Å². The fourth-order valence-corrected chi connectivity index (χ4v) is 3.49. The van der Waals surface area contributed by atoms with E-state index in [1.165, 1.54) is 4.88 Å². The molecule has 0 radical (unpaired) electrons. The molecule has 2 aromatic rings. The van der Waals surface area contributed by atoms with E-state index in [-0.39, 0.29) is 0 Å². The molecular weight excluding hydrogens is 348 g/mol. The van der Waals surface area contributed by atoms with Crippen molar-refractivity contribution in [1.29, 1.82) is 0 Å². The second-order valence-electron chi connectivity index (χ2n) is 5.03.